The lowest BCUT2D eigenvalue weighted by Crippen LogP contribution is -2.35. The molecule has 0 saturated heterocycles. The molecule has 1 aromatic rings. The Balaban J connectivity index is 2.07. The van der Waals surface area contributed by atoms with Crippen molar-refractivity contribution in [3.05, 3.63) is 23.8 Å². The second-order valence-corrected chi connectivity index (χ2v) is 5.67. The molecule has 0 spiro atoms. The van der Waals surface area contributed by atoms with E-state index in [-0.39, 0.29) is 11.3 Å². The second kappa shape index (κ2) is 6.16. The lowest BCUT2D eigenvalue weighted by molar-refractivity contribution is 0.0926. The van der Waals surface area contributed by atoms with Gasteiger partial charge in [-0.2, -0.15) is 0 Å². The highest BCUT2D eigenvalue weighted by Crippen LogP contribution is 2.40. The Morgan fingerprint density at radius 3 is 2.70 bits per heavy atom. The maximum absolute atomic E-state index is 12.3. The van der Waals surface area contributed by atoms with Gasteiger partial charge in [0.2, 0.25) is 0 Å². The van der Waals surface area contributed by atoms with E-state index in [4.69, 9.17) is 10.5 Å². The zero-order valence-corrected chi connectivity index (χ0v) is 12.4. The first-order chi connectivity index (χ1) is 9.62. The third-order valence-electron chi connectivity index (χ3n) is 4.53. The third kappa shape index (κ3) is 2.89. The molecule has 20 heavy (non-hydrogen) atoms. The molecule has 0 unspecified atom stereocenters. The van der Waals surface area contributed by atoms with Crippen molar-refractivity contribution in [3.63, 3.8) is 0 Å². The van der Waals surface area contributed by atoms with Crippen LogP contribution in [-0.2, 0) is 0 Å². The van der Waals surface area contributed by atoms with Gasteiger partial charge in [-0.25, -0.2) is 0 Å². The molecule has 0 aliphatic heterocycles. The molecular formula is C16H24N2O2. The lowest BCUT2D eigenvalue weighted by atomic mass is 9.83. The number of methoxy groups -OCH3 is 1. The topological polar surface area (TPSA) is 64.4 Å². The van der Waals surface area contributed by atoms with Crippen LogP contribution in [0, 0.1) is 5.41 Å². The number of nitrogen functional groups attached to an aromatic ring is 1. The van der Waals surface area contributed by atoms with Crippen LogP contribution in [-0.4, -0.2) is 19.6 Å². The predicted octanol–water partition coefficient (Wildman–Crippen LogP) is 2.98. The normalized spacial score (nSPS) is 16.9. The molecule has 2 rings (SSSR count). The number of hydrogen-bond donors (Lipinski definition) is 2. The van der Waals surface area contributed by atoms with Gasteiger partial charge < -0.3 is 15.8 Å². The highest BCUT2D eigenvalue weighted by molar-refractivity contribution is 5.98. The van der Waals surface area contributed by atoms with Crippen LogP contribution in [0.5, 0.6) is 5.75 Å². The van der Waals surface area contributed by atoms with E-state index in [2.05, 4.69) is 12.2 Å². The number of anilines is 1. The Morgan fingerprint density at radius 1 is 1.40 bits per heavy atom. The minimum absolute atomic E-state index is 0.103. The van der Waals surface area contributed by atoms with E-state index >= 15 is 0 Å². The van der Waals surface area contributed by atoms with E-state index in [1.54, 1.807) is 18.2 Å². The average molecular weight is 276 g/mol. The van der Waals surface area contributed by atoms with Crippen LogP contribution in [0.25, 0.3) is 0 Å². The molecule has 0 aromatic heterocycles. The summed E-state index contributed by atoms with van der Waals surface area (Å²) in [4.78, 5) is 12.3. The molecule has 1 saturated carbocycles. The van der Waals surface area contributed by atoms with Crippen LogP contribution in [0.15, 0.2) is 18.2 Å². The molecule has 4 heteroatoms. The standard InChI is InChI=1S/C16H24N2O2/c1-3-16(9-4-5-10-16)11-18-15(19)12-7-6-8-13(17)14(12)20-2/h6-8H,3-5,9-11,17H2,1-2H3,(H,18,19). The minimum atomic E-state index is -0.103. The summed E-state index contributed by atoms with van der Waals surface area (Å²) >= 11 is 0. The first kappa shape index (κ1) is 14.7. The largest absolute Gasteiger partial charge is 0.494 e. The van der Waals surface area contributed by atoms with Crippen LogP contribution in [0.4, 0.5) is 5.69 Å². The summed E-state index contributed by atoms with van der Waals surface area (Å²) in [7, 11) is 1.53. The zero-order valence-electron chi connectivity index (χ0n) is 12.4. The molecule has 1 amide bonds. The van der Waals surface area contributed by atoms with Gasteiger partial charge in [0.15, 0.2) is 5.75 Å². The van der Waals surface area contributed by atoms with Crippen molar-refractivity contribution in [2.75, 3.05) is 19.4 Å². The fourth-order valence-corrected chi connectivity index (χ4v) is 3.10. The number of ether oxygens (including phenoxy) is 1. The van der Waals surface area contributed by atoms with E-state index in [0.29, 0.717) is 17.0 Å². The van der Waals surface area contributed by atoms with E-state index in [0.717, 1.165) is 13.0 Å². The SMILES string of the molecule is CCC1(CNC(=O)c2cccc(N)c2OC)CCCC1. The summed E-state index contributed by atoms with van der Waals surface area (Å²) in [5, 5.41) is 3.06. The summed E-state index contributed by atoms with van der Waals surface area (Å²) in [6.07, 6.45) is 6.06. The molecule has 4 nitrogen and oxygen atoms in total. The molecule has 1 fully saturated rings. The number of nitrogens with two attached hydrogens (primary N) is 1. The van der Waals surface area contributed by atoms with Crippen LogP contribution < -0.4 is 15.8 Å². The number of rotatable bonds is 5. The number of benzene rings is 1. The number of para-hydroxylation sites is 1. The van der Waals surface area contributed by atoms with Gasteiger partial charge in [-0.15, -0.1) is 0 Å². The van der Waals surface area contributed by atoms with Gasteiger partial charge in [-0.1, -0.05) is 25.8 Å². The molecule has 0 radical (unpaired) electrons. The summed E-state index contributed by atoms with van der Waals surface area (Å²) in [5.74, 6) is 0.357. The summed E-state index contributed by atoms with van der Waals surface area (Å²) in [5.41, 5.74) is 7.12. The van der Waals surface area contributed by atoms with Gasteiger partial charge in [0.05, 0.1) is 18.4 Å². The van der Waals surface area contributed by atoms with Crippen LogP contribution in [0.1, 0.15) is 49.4 Å². The first-order valence-electron chi connectivity index (χ1n) is 7.32. The second-order valence-electron chi connectivity index (χ2n) is 5.67. The fraction of sp³-hybridized carbons (Fsp3) is 0.562. The Bertz CT molecular complexity index is 479. The Hall–Kier alpha value is -1.71. The Kier molecular flexibility index (Phi) is 4.53. The van der Waals surface area contributed by atoms with Crippen molar-refractivity contribution >= 4 is 11.6 Å². The van der Waals surface area contributed by atoms with Crippen molar-refractivity contribution in [3.8, 4) is 5.75 Å². The molecule has 1 aromatic carbocycles. The first-order valence-corrected chi connectivity index (χ1v) is 7.32. The highest BCUT2D eigenvalue weighted by atomic mass is 16.5. The molecule has 0 heterocycles. The molecule has 0 bridgehead atoms. The van der Waals surface area contributed by atoms with Crippen LogP contribution >= 0.6 is 0 Å². The maximum Gasteiger partial charge on any atom is 0.255 e. The monoisotopic (exact) mass is 276 g/mol. The molecule has 1 aliphatic carbocycles. The quantitative estimate of drug-likeness (QED) is 0.813. The minimum Gasteiger partial charge on any atom is -0.494 e. The van der Waals surface area contributed by atoms with Gasteiger partial charge >= 0.3 is 0 Å². The molecule has 110 valence electrons. The maximum atomic E-state index is 12.3. The molecule has 3 N–H and O–H groups in total. The van der Waals surface area contributed by atoms with Crippen molar-refractivity contribution < 1.29 is 9.53 Å². The van der Waals surface area contributed by atoms with Crippen LogP contribution in [0.3, 0.4) is 0 Å². The summed E-state index contributed by atoms with van der Waals surface area (Å²) < 4.78 is 5.23. The fourth-order valence-electron chi connectivity index (χ4n) is 3.10. The molecule has 0 atom stereocenters. The van der Waals surface area contributed by atoms with Crippen molar-refractivity contribution in [2.45, 2.75) is 39.0 Å². The van der Waals surface area contributed by atoms with E-state index in [1.807, 2.05) is 0 Å². The number of carbonyl (C=O) groups is 1. The number of amides is 1. The molecular weight excluding hydrogens is 252 g/mol. The summed E-state index contributed by atoms with van der Waals surface area (Å²) in [6.45, 7) is 2.94. The highest BCUT2D eigenvalue weighted by Gasteiger charge is 2.32. The van der Waals surface area contributed by atoms with Gasteiger partial charge in [0.1, 0.15) is 0 Å². The van der Waals surface area contributed by atoms with E-state index < -0.39 is 0 Å². The van der Waals surface area contributed by atoms with Crippen molar-refractivity contribution in [1.82, 2.24) is 5.32 Å². The van der Waals surface area contributed by atoms with Gasteiger partial charge in [-0.05, 0) is 36.8 Å². The van der Waals surface area contributed by atoms with Gasteiger partial charge in [-0.3, -0.25) is 4.79 Å². The third-order valence-corrected chi connectivity index (χ3v) is 4.53. The van der Waals surface area contributed by atoms with Crippen molar-refractivity contribution in [1.29, 1.82) is 0 Å². The number of carbonyl (C=O) groups excluding carboxylic acids is 1. The van der Waals surface area contributed by atoms with Gasteiger partial charge in [0, 0.05) is 6.54 Å². The van der Waals surface area contributed by atoms with Crippen LogP contribution in [0.2, 0.25) is 0 Å². The Morgan fingerprint density at radius 2 is 2.10 bits per heavy atom. The zero-order chi connectivity index (χ0) is 14.6. The van der Waals surface area contributed by atoms with E-state index in [9.17, 15) is 4.79 Å². The average Bonchev–Trinajstić information content (AvgIpc) is 2.94. The lowest BCUT2D eigenvalue weighted by Gasteiger charge is -2.27. The summed E-state index contributed by atoms with van der Waals surface area (Å²) in [6, 6.07) is 5.26. The predicted molar refractivity (Wildman–Crippen MR) is 80.9 cm³/mol. The van der Waals surface area contributed by atoms with E-state index in [1.165, 1.54) is 32.8 Å². The number of nitrogens with one attached hydrogen (secondary N) is 1. The number of hydrogen-bond acceptors (Lipinski definition) is 3. The Labute approximate surface area is 120 Å². The van der Waals surface area contributed by atoms with Crippen molar-refractivity contribution in [2.24, 2.45) is 5.41 Å². The molecule has 1 aliphatic rings. The smallest absolute Gasteiger partial charge is 0.255 e. The van der Waals surface area contributed by atoms with Gasteiger partial charge in [0.25, 0.3) is 5.91 Å².